The molecule has 0 N–H and O–H groups in total. The van der Waals surface area contributed by atoms with E-state index in [-0.39, 0.29) is 7.92 Å². The molecule has 0 fully saturated rings. The fourth-order valence-electron chi connectivity index (χ4n) is 5.54. The van der Waals surface area contributed by atoms with E-state index in [1.165, 1.54) is 114 Å². The standard InChI is InChI=1S/C35H57P/c1-8-12-16-17-18-19-27-36(34-25-23-28(5)29(6)30(34)7)35-26-24-31(20-13-9-2)32(21-14-10-3)33(35)22-15-11-4/h23-26H,8-22,27H2,1-7H3. The summed E-state index contributed by atoms with van der Waals surface area (Å²) in [6, 6.07) is 10.1. The first-order chi connectivity index (χ1) is 17.5. The maximum absolute atomic E-state index is 2.60. The van der Waals surface area contributed by atoms with Gasteiger partial charge in [-0.2, -0.15) is 0 Å². The van der Waals surface area contributed by atoms with Crippen LogP contribution in [0.4, 0.5) is 0 Å². The molecule has 0 heterocycles. The third-order valence-electron chi connectivity index (χ3n) is 8.21. The molecule has 0 nitrogen and oxygen atoms in total. The molecule has 0 amide bonds. The van der Waals surface area contributed by atoms with Crippen LogP contribution < -0.4 is 10.6 Å². The molecule has 0 aliphatic rings. The SMILES string of the molecule is CCCCCCCCP(c1ccc(C)c(C)c1C)c1ccc(CCCC)c(CCCC)c1CCCC. The highest BCUT2D eigenvalue weighted by Crippen LogP contribution is 2.40. The molecule has 0 saturated carbocycles. The van der Waals surface area contributed by atoms with Gasteiger partial charge in [0.15, 0.2) is 0 Å². The molecule has 1 atom stereocenters. The van der Waals surface area contributed by atoms with Crippen LogP contribution in [0.3, 0.4) is 0 Å². The van der Waals surface area contributed by atoms with Crippen molar-refractivity contribution in [3.63, 3.8) is 0 Å². The highest BCUT2D eigenvalue weighted by atomic mass is 31.1. The van der Waals surface area contributed by atoms with E-state index in [2.05, 4.69) is 72.7 Å². The molecule has 1 unspecified atom stereocenters. The molecule has 0 radical (unpaired) electrons. The average molecular weight is 509 g/mol. The van der Waals surface area contributed by atoms with E-state index >= 15 is 0 Å². The van der Waals surface area contributed by atoms with Crippen molar-refractivity contribution in [2.75, 3.05) is 6.16 Å². The molecule has 2 aromatic rings. The summed E-state index contributed by atoms with van der Waals surface area (Å²) in [4.78, 5) is 0. The van der Waals surface area contributed by atoms with E-state index in [1.54, 1.807) is 32.9 Å². The van der Waals surface area contributed by atoms with Crippen molar-refractivity contribution in [1.82, 2.24) is 0 Å². The smallest absolute Gasteiger partial charge is 0.0160 e. The first kappa shape index (κ1) is 31.1. The Labute approximate surface area is 226 Å². The van der Waals surface area contributed by atoms with Crippen molar-refractivity contribution >= 4 is 18.5 Å². The maximum atomic E-state index is 2.60. The van der Waals surface area contributed by atoms with Crippen molar-refractivity contribution < 1.29 is 0 Å². The Morgan fingerprint density at radius 3 is 1.72 bits per heavy atom. The van der Waals surface area contributed by atoms with Gasteiger partial charge in [-0.05, 0) is 124 Å². The lowest BCUT2D eigenvalue weighted by molar-refractivity contribution is 0.626. The lowest BCUT2D eigenvalue weighted by Gasteiger charge is -2.28. The average Bonchev–Trinajstić information content (AvgIpc) is 2.88. The van der Waals surface area contributed by atoms with Crippen molar-refractivity contribution in [2.45, 2.75) is 145 Å². The van der Waals surface area contributed by atoms with E-state index in [0.29, 0.717) is 0 Å². The normalized spacial score (nSPS) is 12.3. The topological polar surface area (TPSA) is 0 Å². The lowest BCUT2D eigenvalue weighted by Crippen LogP contribution is -2.23. The minimum absolute atomic E-state index is 0.319. The van der Waals surface area contributed by atoms with Gasteiger partial charge in [-0.25, -0.2) is 0 Å². The van der Waals surface area contributed by atoms with E-state index in [0.717, 1.165) is 0 Å². The van der Waals surface area contributed by atoms with Gasteiger partial charge in [0.1, 0.15) is 0 Å². The maximum Gasteiger partial charge on any atom is -0.0160 e. The molecule has 36 heavy (non-hydrogen) atoms. The minimum atomic E-state index is -0.319. The number of hydrogen-bond donors (Lipinski definition) is 0. The van der Waals surface area contributed by atoms with Crippen LogP contribution in [-0.4, -0.2) is 6.16 Å². The zero-order valence-electron chi connectivity index (χ0n) is 25.1. The zero-order valence-corrected chi connectivity index (χ0v) is 26.0. The number of hydrogen-bond acceptors (Lipinski definition) is 0. The van der Waals surface area contributed by atoms with Crippen LogP contribution in [0.1, 0.15) is 138 Å². The van der Waals surface area contributed by atoms with Crippen LogP contribution in [-0.2, 0) is 19.3 Å². The molecule has 2 aromatic carbocycles. The van der Waals surface area contributed by atoms with Gasteiger partial charge >= 0.3 is 0 Å². The number of benzene rings is 2. The minimum Gasteiger partial charge on any atom is -0.0654 e. The van der Waals surface area contributed by atoms with E-state index in [1.807, 2.05) is 0 Å². The molecule has 0 saturated heterocycles. The summed E-state index contributed by atoms with van der Waals surface area (Å²) >= 11 is 0. The summed E-state index contributed by atoms with van der Waals surface area (Å²) in [7, 11) is -0.319. The first-order valence-corrected chi connectivity index (χ1v) is 17.0. The molecule has 202 valence electrons. The Morgan fingerprint density at radius 2 is 1.06 bits per heavy atom. The Kier molecular flexibility index (Phi) is 15.0. The Hall–Kier alpha value is -1.13. The molecule has 0 spiro atoms. The molecular formula is C35H57P. The quantitative estimate of drug-likeness (QED) is 0.139. The van der Waals surface area contributed by atoms with Crippen LogP contribution >= 0.6 is 7.92 Å². The van der Waals surface area contributed by atoms with Crippen molar-refractivity contribution in [2.24, 2.45) is 0 Å². The number of aryl methyl sites for hydroxylation is 2. The first-order valence-electron chi connectivity index (χ1n) is 15.5. The van der Waals surface area contributed by atoms with Crippen molar-refractivity contribution in [3.8, 4) is 0 Å². The lowest BCUT2D eigenvalue weighted by atomic mass is 9.91. The molecule has 2 rings (SSSR count). The van der Waals surface area contributed by atoms with Crippen LogP contribution in [0.15, 0.2) is 24.3 Å². The van der Waals surface area contributed by atoms with E-state index < -0.39 is 0 Å². The van der Waals surface area contributed by atoms with Gasteiger partial charge in [0.05, 0.1) is 0 Å². The number of rotatable bonds is 18. The summed E-state index contributed by atoms with van der Waals surface area (Å²) in [5, 5.41) is 3.38. The summed E-state index contributed by atoms with van der Waals surface area (Å²) < 4.78 is 0. The summed E-state index contributed by atoms with van der Waals surface area (Å²) in [6.45, 7) is 16.4. The van der Waals surface area contributed by atoms with Gasteiger partial charge in [-0.15, -0.1) is 0 Å². The fourth-order valence-corrected chi connectivity index (χ4v) is 8.47. The Morgan fingerprint density at radius 1 is 0.500 bits per heavy atom. The van der Waals surface area contributed by atoms with Gasteiger partial charge in [0.2, 0.25) is 0 Å². The molecule has 0 aliphatic heterocycles. The largest absolute Gasteiger partial charge is 0.0654 e. The monoisotopic (exact) mass is 508 g/mol. The van der Waals surface area contributed by atoms with E-state index in [9.17, 15) is 0 Å². The number of unbranched alkanes of at least 4 members (excludes halogenated alkanes) is 8. The predicted molar refractivity (Wildman–Crippen MR) is 167 cm³/mol. The van der Waals surface area contributed by atoms with E-state index in [4.69, 9.17) is 0 Å². The third kappa shape index (κ3) is 9.01. The molecular weight excluding hydrogens is 451 g/mol. The predicted octanol–water partition coefficient (Wildman–Crippen LogP) is 10.4. The van der Waals surface area contributed by atoms with Gasteiger partial charge in [0, 0.05) is 0 Å². The van der Waals surface area contributed by atoms with Gasteiger partial charge in [0.25, 0.3) is 0 Å². The highest BCUT2D eigenvalue weighted by Gasteiger charge is 2.23. The fraction of sp³-hybridized carbons (Fsp3) is 0.657. The summed E-state index contributed by atoms with van der Waals surface area (Å²) in [5.74, 6) is 0. The van der Waals surface area contributed by atoms with Gasteiger partial charge in [-0.1, -0.05) is 103 Å². The molecule has 0 aromatic heterocycles. The zero-order chi connectivity index (χ0) is 26.3. The van der Waals surface area contributed by atoms with Crippen LogP contribution in [0.25, 0.3) is 0 Å². The van der Waals surface area contributed by atoms with Crippen molar-refractivity contribution in [1.29, 1.82) is 0 Å². The summed E-state index contributed by atoms with van der Waals surface area (Å²) in [6.07, 6.45) is 21.3. The van der Waals surface area contributed by atoms with Crippen molar-refractivity contribution in [3.05, 3.63) is 57.6 Å². The summed E-state index contributed by atoms with van der Waals surface area (Å²) in [5.41, 5.74) is 9.66. The molecule has 0 bridgehead atoms. The Balaban J connectivity index is 2.57. The Bertz CT molecular complexity index is 894. The second kappa shape index (κ2) is 17.4. The second-order valence-electron chi connectivity index (χ2n) is 11.1. The molecule has 1 heteroatoms. The highest BCUT2D eigenvalue weighted by molar-refractivity contribution is 7.73. The van der Waals surface area contributed by atoms with Gasteiger partial charge < -0.3 is 0 Å². The van der Waals surface area contributed by atoms with Gasteiger partial charge in [-0.3, -0.25) is 0 Å². The second-order valence-corrected chi connectivity index (χ2v) is 13.3. The third-order valence-corrected chi connectivity index (χ3v) is 11.0. The van der Waals surface area contributed by atoms with Crippen LogP contribution in [0, 0.1) is 20.8 Å². The van der Waals surface area contributed by atoms with Crippen LogP contribution in [0.5, 0.6) is 0 Å². The van der Waals surface area contributed by atoms with Crippen LogP contribution in [0.2, 0.25) is 0 Å². The molecule has 0 aliphatic carbocycles.